The summed E-state index contributed by atoms with van der Waals surface area (Å²) in [6.07, 6.45) is 0.632. The van der Waals surface area contributed by atoms with Crippen LogP contribution in [-0.4, -0.2) is 0 Å². The van der Waals surface area contributed by atoms with Crippen LogP contribution in [0.15, 0.2) is 36.4 Å². The highest BCUT2D eigenvalue weighted by Gasteiger charge is 2.17. The van der Waals surface area contributed by atoms with Gasteiger partial charge in [-0.1, -0.05) is 35.9 Å². The molecule has 0 bridgehead atoms. The summed E-state index contributed by atoms with van der Waals surface area (Å²) in [5.41, 5.74) is 6.77. The van der Waals surface area contributed by atoms with E-state index in [2.05, 4.69) is 5.43 Å². The normalized spacial score (nSPS) is 12.4. The summed E-state index contributed by atoms with van der Waals surface area (Å²) in [6, 6.07) is 10.5. The molecule has 20 heavy (non-hydrogen) atoms. The first kappa shape index (κ1) is 15.0. The Balaban J connectivity index is 2.34. The van der Waals surface area contributed by atoms with E-state index in [0.29, 0.717) is 17.0 Å². The quantitative estimate of drug-likeness (QED) is 0.664. The molecule has 2 rings (SSSR count). The van der Waals surface area contributed by atoms with Gasteiger partial charge in [-0.05, 0) is 49.1 Å². The third kappa shape index (κ3) is 3.18. The van der Waals surface area contributed by atoms with Gasteiger partial charge in [-0.2, -0.15) is 0 Å². The standard InChI is InChI=1S/C16H18ClFN2/c1-10-4-3-5-11(2)14(10)9-16(20-19)13-7-6-12(17)8-15(13)18/h3-8,16,20H,9,19H2,1-2H3. The van der Waals surface area contributed by atoms with Crippen LogP contribution in [0.5, 0.6) is 0 Å². The van der Waals surface area contributed by atoms with Gasteiger partial charge in [0.2, 0.25) is 0 Å². The minimum absolute atomic E-state index is 0.285. The molecule has 0 aromatic heterocycles. The first-order valence-corrected chi connectivity index (χ1v) is 6.87. The largest absolute Gasteiger partial charge is 0.271 e. The maximum absolute atomic E-state index is 14.0. The van der Waals surface area contributed by atoms with Crippen molar-refractivity contribution in [1.82, 2.24) is 5.43 Å². The molecule has 0 spiro atoms. The number of hydrogen-bond acceptors (Lipinski definition) is 2. The fourth-order valence-electron chi connectivity index (χ4n) is 2.42. The van der Waals surface area contributed by atoms with Crippen LogP contribution in [0.1, 0.15) is 28.3 Å². The molecular weight excluding hydrogens is 275 g/mol. The predicted molar refractivity (Wildman–Crippen MR) is 81.1 cm³/mol. The summed E-state index contributed by atoms with van der Waals surface area (Å²) >= 11 is 5.78. The van der Waals surface area contributed by atoms with Gasteiger partial charge in [0.15, 0.2) is 0 Å². The van der Waals surface area contributed by atoms with Crippen molar-refractivity contribution in [3.8, 4) is 0 Å². The zero-order chi connectivity index (χ0) is 14.7. The average Bonchev–Trinajstić information content (AvgIpc) is 2.40. The number of nitrogens with one attached hydrogen (secondary N) is 1. The molecule has 0 saturated heterocycles. The lowest BCUT2D eigenvalue weighted by Gasteiger charge is -2.20. The van der Waals surface area contributed by atoms with E-state index in [1.165, 1.54) is 22.8 Å². The van der Waals surface area contributed by atoms with Crippen molar-refractivity contribution in [2.24, 2.45) is 5.84 Å². The smallest absolute Gasteiger partial charge is 0.129 e. The fraction of sp³-hybridized carbons (Fsp3) is 0.250. The van der Waals surface area contributed by atoms with Crippen molar-refractivity contribution in [2.75, 3.05) is 0 Å². The van der Waals surface area contributed by atoms with Gasteiger partial charge in [-0.15, -0.1) is 0 Å². The Kier molecular flexibility index (Phi) is 4.76. The zero-order valence-electron chi connectivity index (χ0n) is 11.6. The number of hydrogen-bond donors (Lipinski definition) is 2. The van der Waals surface area contributed by atoms with Crippen molar-refractivity contribution >= 4 is 11.6 Å². The lowest BCUT2D eigenvalue weighted by atomic mass is 9.93. The van der Waals surface area contributed by atoms with E-state index in [4.69, 9.17) is 17.4 Å². The van der Waals surface area contributed by atoms with Gasteiger partial charge in [-0.3, -0.25) is 11.3 Å². The molecule has 0 heterocycles. The Morgan fingerprint density at radius 1 is 1.20 bits per heavy atom. The Bertz CT molecular complexity index is 593. The second-order valence-electron chi connectivity index (χ2n) is 4.96. The number of hydrazine groups is 1. The second kappa shape index (κ2) is 6.35. The number of aryl methyl sites for hydroxylation is 2. The van der Waals surface area contributed by atoms with E-state index in [1.807, 2.05) is 32.0 Å². The van der Waals surface area contributed by atoms with Gasteiger partial charge in [0.05, 0.1) is 6.04 Å². The minimum Gasteiger partial charge on any atom is -0.271 e. The molecule has 2 aromatic carbocycles. The minimum atomic E-state index is -0.341. The van der Waals surface area contributed by atoms with Gasteiger partial charge < -0.3 is 0 Å². The highest BCUT2D eigenvalue weighted by atomic mass is 35.5. The molecule has 3 N–H and O–H groups in total. The summed E-state index contributed by atoms with van der Waals surface area (Å²) in [7, 11) is 0. The Morgan fingerprint density at radius 3 is 2.40 bits per heavy atom. The zero-order valence-corrected chi connectivity index (χ0v) is 12.3. The number of benzene rings is 2. The van der Waals surface area contributed by atoms with Crippen LogP contribution in [0, 0.1) is 19.7 Å². The average molecular weight is 293 g/mol. The number of rotatable bonds is 4. The van der Waals surface area contributed by atoms with Crippen molar-refractivity contribution in [3.05, 3.63) is 69.5 Å². The van der Waals surface area contributed by atoms with Crippen LogP contribution in [0.2, 0.25) is 5.02 Å². The predicted octanol–water partition coefficient (Wildman–Crippen LogP) is 3.84. The summed E-state index contributed by atoms with van der Waals surface area (Å²) in [5.74, 6) is 5.27. The number of nitrogens with two attached hydrogens (primary N) is 1. The van der Waals surface area contributed by atoms with Crippen molar-refractivity contribution < 1.29 is 4.39 Å². The number of halogens is 2. The molecule has 4 heteroatoms. The maximum atomic E-state index is 14.0. The van der Waals surface area contributed by atoms with Crippen LogP contribution in [0.4, 0.5) is 4.39 Å². The molecule has 0 aliphatic rings. The highest BCUT2D eigenvalue weighted by Crippen LogP contribution is 2.25. The monoisotopic (exact) mass is 292 g/mol. The SMILES string of the molecule is Cc1cccc(C)c1CC(NN)c1ccc(Cl)cc1F. The van der Waals surface area contributed by atoms with Crippen molar-refractivity contribution in [3.63, 3.8) is 0 Å². The second-order valence-corrected chi connectivity index (χ2v) is 5.40. The third-order valence-electron chi connectivity index (χ3n) is 3.59. The van der Waals surface area contributed by atoms with Crippen LogP contribution in [-0.2, 0) is 6.42 Å². The molecule has 0 saturated carbocycles. The fourth-order valence-corrected chi connectivity index (χ4v) is 2.58. The molecule has 0 aliphatic carbocycles. The van der Waals surface area contributed by atoms with Crippen LogP contribution in [0.25, 0.3) is 0 Å². The first-order valence-electron chi connectivity index (χ1n) is 6.49. The van der Waals surface area contributed by atoms with E-state index >= 15 is 0 Å². The highest BCUT2D eigenvalue weighted by molar-refractivity contribution is 6.30. The molecule has 106 valence electrons. The Labute approximate surface area is 123 Å². The van der Waals surface area contributed by atoms with Gasteiger partial charge in [0.25, 0.3) is 0 Å². The Hall–Kier alpha value is -1.42. The van der Waals surface area contributed by atoms with Gasteiger partial charge >= 0.3 is 0 Å². The molecule has 0 radical (unpaired) electrons. The van der Waals surface area contributed by atoms with Crippen LogP contribution < -0.4 is 11.3 Å². The first-order chi connectivity index (χ1) is 9.52. The van der Waals surface area contributed by atoms with Gasteiger partial charge in [0.1, 0.15) is 5.82 Å². The molecule has 2 aromatic rings. The maximum Gasteiger partial charge on any atom is 0.129 e. The molecule has 0 amide bonds. The van der Waals surface area contributed by atoms with Crippen LogP contribution >= 0.6 is 11.6 Å². The van der Waals surface area contributed by atoms with Crippen molar-refractivity contribution in [1.29, 1.82) is 0 Å². The van der Waals surface area contributed by atoms with E-state index in [9.17, 15) is 4.39 Å². The van der Waals surface area contributed by atoms with E-state index < -0.39 is 0 Å². The van der Waals surface area contributed by atoms with E-state index in [-0.39, 0.29) is 11.9 Å². The third-order valence-corrected chi connectivity index (χ3v) is 3.83. The van der Waals surface area contributed by atoms with E-state index in [0.717, 1.165) is 0 Å². The molecule has 1 unspecified atom stereocenters. The van der Waals surface area contributed by atoms with Gasteiger partial charge in [0, 0.05) is 10.6 Å². The lowest BCUT2D eigenvalue weighted by molar-refractivity contribution is 0.509. The van der Waals surface area contributed by atoms with Gasteiger partial charge in [-0.25, -0.2) is 4.39 Å². The summed E-state index contributed by atoms with van der Waals surface area (Å²) in [4.78, 5) is 0. The Morgan fingerprint density at radius 2 is 1.85 bits per heavy atom. The van der Waals surface area contributed by atoms with Crippen LogP contribution in [0.3, 0.4) is 0 Å². The molecule has 1 atom stereocenters. The summed E-state index contributed by atoms with van der Waals surface area (Å²) < 4.78 is 14.0. The van der Waals surface area contributed by atoms with Crippen molar-refractivity contribution in [2.45, 2.75) is 26.3 Å². The molecule has 0 fully saturated rings. The summed E-state index contributed by atoms with van der Waals surface area (Å²) in [5, 5.41) is 0.383. The topological polar surface area (TPSA) is 38.0 Å². The molecule has 2 nitrogen and oxygen atoms in total. The summed E-state index contributed by atoms with van der Waals surface area (Å²) in [6.45, 7) is 4.10. The molecular formula is C16H18ClFN2. The molecule has 0 aliphatic heterocycles. The van der Waals surface area contributed by atoms with E-state index in [1.54, 1.807) is 12.1 Å². The lowest BCUT2D eigenvalue weighted by Crippen LogP contribution is -2.30.